The van der Waals surface area contributed by atoms with Gasteiger partial charge >= 0.3 is 5.97 Å². The smallest absolute Gasteiger partial charge is 0.311 e. The summed E-state index contributed by atoms with van der Waals surface area (Å²) in [7, 11) is 0. The minimum atomic E-state index is -1.83. The molecule has 0 aliphatic carbocycles. The van der Waals surface area contributed by atoms with Crippen molar-refractivity contribution in [2.24, 2.45) is 35.5 Å². The van der Waals surface area contributed by atoms with E-state index in [-0.39, 0.29) is 24.5 Å². The van der Waals surface area contributed by atoms with E-state index in [0.717, 1.165) is 0 Å². The predicted octanol–water partition coefficient (Wildman–Crippen LogP) is 1.69. The molecule has 3 aliphatic rings. The molecular weight excluding hydrogens is 628 g/mol. The van der Waals surface area contributed by atoms with Gasteiger partial charge in [-0.15, -0.1) is 0 Å². The molecule has 13 heteroatoms. The molecule has 0 radical (unpaired) electrons. The van der Waals surface area contributed by atoms with Crippen molar-refractivity contribution in [1.29, 1.82) is 0 Å². The van der Waals surface area contributed by atoms with E-state index in [1.807, 2.05) is 20.8 Å². The Morgan fingerprint density at radius 2 is 1.33 bits per heavy atom. The molecular formula is C35H62O13. The van der Waals surface area contributed by atoms with Gasteiger partial charge in [0.2, 0.25) is 0 Å². The Morgan fingerprint density at radius 3 is 1.90 bits per heavy atom. The van der Waals surface area contributed by atoms with Crippen LogP contribution >= 0.6 is 0 Å². The highest BCUT2D eigenvalue weighted by atomic mass is 16.7. The number of Topliss-reactive ketones (excluding diaryl/α,β-unsaturated/α-hetero) is 1. The highest BCUT2D eigenvalue weighted by molar-refractivity contribution is 5.83. The number of hydrogen-bond acceptors (Lipinski definition) is 13. The van der Waals surface area contributed by atoms with E-state index in [9.17, 15) is 40.2 Å². The molecule has 0 aromatic carbocycles. The van der Waals surface area contributed by atoms with Crippen LogP contribution in [0.2, 0.25) is 0 Å². The number of ketones is 1. The lowest BCUT2D eigenvalue weighted by Crippen LogP contribution is -2.61. The summed E-state index contributed by atoms with van der Waals surface area (Å²) in [5, 5.41) is 66.4. The number of carbonyl (C=O) groups excluding carboxylic acids is 2. The molecule has 0 spiro atoms. The SMILES string of the molecule is CC[C@H]1OC(=O)[C@H](C)[C@@H](O[C@H]2C[C@@](C)(O)[C@@H](C)[C@H](C)O2)[C@H](C)[C@@H](O[C@@H]2O[C@H](C)[C@H](O)[C@H](O)[C@H]2O)[C@](C)(O)C[C@@H](C)C(=O)[C@H](C)[C@@H](O)[C@H]1C. The van der Waals surface area contributed by atoms with Crippen molar-refractivity contribution < 1.29 is 63.9 Å². The largest absolute Gasteiger partial charge is 0.462 e. The second-order valence-electron chi connectivity index (χ2n) is 15.5. The van der Waals surface area contributed by atoms with Crippen molar-refractivity contribution >= 4 is 11.8 Å². The molecule has 0 aromatic heterocycles. The standard InChI is InChI=1S/C35H62O13/c1-12-23-16(3)26(37)17(4)25(36)15(2)13-35(11,43)31(48-33-29(40)28(39)27(38)22(9)45-33)18(5)30(19(6)32(41)46-23)47-24-14-34(10,42)20(7)21(8)44-24/h15-24,26-31,33,37-40,42-43H,12-14H2,1-11H3/t15-,16+,17+,18+,19-,20+,21+,22-,23-,24+,26+,27+,28+,29-,30+,31-,33+,34-,35-/m1/s1. The summed E-state index contributed by atoms with van der Waals surface area (Å²) < 4.78 is 30.7. The lowest BCUT2D eigenvalue weighted by atomic mass is 9.74. The first kappa shape index (κ1) is 41.2. The van der Waals surface area contributed by atoms with Gasteiger partial charge in [-0.25, -0.2) is 0 Å². The summed E-state index contributed by atoms with van der Waals surface area (Å²) in [5.74, 6) is -5.23. The Hall–Kier alpha value is -1.26. The van der Waals surface area contributed by atoms with Crippen molar-refractivity contribution in [2.75, 3.05) is 0 Å². The third-order valence-corrected chi connectivity index (χ3v) is 11.5. The molecule has 0 unspecified atom stereocenters. The van der Waals surface area contributed by atoms with Gasteiger partial charge in [-0.2, -0.15) is 0 Å². The molecule has 19 atom stereocenters. The lowest BCUT2D eigenvalue weighted by molar-refractivity contribution is -0.331. The quantitative estimate of drug-likeness (QED) is 0.228. The van der Waals surface area contributed by atoms with Gasteiger partial charge in [0.25, 0.3) is 0 Å². The third kappa shape index (κ3) is 8.78. The van der Waals surface area contributed by atoms with Crippen LogP contribution in [0.5, 0.6) is 0 Å². The Balaban J connectivity index is 2.14. The van der Waals surface area contributed by atoms with Gasteiger partial charge in [-0.05, 0) is 47.5 Å². The van der Waals surface area contributed by atoms with Crippen molar-refractivity contribution in [3.05, 3.63) is 0 Å². The van der Waals surface area contributed by atoms with Gasteiger partial charge in [0.05, 0.1) is 47.6 Å². The van der Waals surface area contributed by atoms with Crippen LogP contribution < -0.4 is 0 Å². The minimum absolute atomic E-state index is 0.0850. The zero-order valence-corrected chi connectivity index (χ0v) is 30.5. The van der Waals surface area contributed by atoms with Crippen molar-refractivity contribution in [1.82, 2.24) is 0 Å². The van der Waals surface area contributed by atoms with Crippen LogP contribution in [0.3, 0.4) is 0 Å². The Bertz CT molecular complexity index is 1080. The average molecular weight is 691 g/mol. The summed E-state index contributed by atoms with van der Waals surface area (Å²) in [6.45, 7) is 18.5. The van der Waals surface area contributed by atoms with Gasteiger partial charge in [0, 0.05) is 36.0 Å². The zero-order chi connectivity index (χ0) is 36.6. The number of cyclic esters (lactones) is 1. The first-order chi connectivity index (χ1) is 22.0. The van der Waals surface area contributed by atoms with E-state index in [1.54, 1.807) is 41.5 Å². The molecule has 3 heterocycles. The number of hydrogen-bond donors (Lipinski definition) is 6. The normalized spacial score (nSPS) is 52.0. The summed E-state index contributed by atoms with van der Waals surface area (Å²) in [5.41, 5.74) is -2.99. The fourth-order valence-electron chi connectivity index (χ4n) is 7.75. The third-order valence-electron chi connectivity index (χ3n) is 11.5. The summed E-state index contributed by atoms with van der Waals surface area (Å²) >= 11 is 0. The van der Waals surface area contributed by atoms with Crippen LogP contribution in [-0.2, 0) is 33.3 Å². The Labute approximate surface area is 285 Å². The predicted molar refractivity (Wildman–Crippen MR) is 173 cm³/mol. The van der Waals surface area contributed by atoms with Crippen LogP contribution in [0, 0.1) is 35.5 Å². The molecule has 6 N–H and O–H groups in total. The summed E-state index contributed by atoms with van der Waals surface area (Å²) in [6, 6.07) is 0. The van der Waals surface area contributed by atoms with Crippen LogP contribution in [0.25, 0.3) is 0 Å². The van der Waals surface area contributed by atoms with Gasteiger partial charge in [0.15, 0.2) is 12.6 Å². The fraction of sp³-hybridized carbons (Fsp3) is 0.943. The number of aliphatic hydroxyl groups excluding tert-OH is 4. The van der Waals surface area contributed by atoms with Crippen LogP contribution in [0.1, 0.15) is 95.4 Å². The molecule has 13 nitrogen and oxygen atoms in total. The van der Waals surface area contributed by atoms with Crippen molar-refractivity contribution in [2.45, 2.75) is 174 Å². The Morgan fingerprint density at radius 1 is 0.729 bits per heavy atom. The number of ether oxygens (including phenoxy) is 5. The van der Waals surface area contributed by atoms with Crippen LogP contribution in [0.15, 0.2) is 0 Å². The highest BCUT2D eigenvalue weighted by Crippen LogP contribution is 2.40. The van der Waals surface area contributed by atoms with Crippen molar-refractivity contribution in [3.8, 4) is 0 Å². The maximum absolute atomic E-state index is 13.9. The number of esters is 1. The summed E-state index contributed by atoms with van der Waals surface area (Å²) in [4.78, 5) is 27.6. The zero-order valence-electron chi connectivity index (χ0n) is 30.5. The van der Waals surface area contributed by atoms with E-state index in [1.165, 1.54) is 13.8 Å². The number of aliphatic hydroxyl groups is 6. The van der Waals surface area contributed by atoms with Crippen LogP contribution in [-0.4, -0.2) is 121 Å². The molecule has 3 fully saturated rings. The molecule has 3 saturated heterocycles. The highest BCUT2D eigenvalue weighted by Gasteiger charge is 2.52. The summed E-state index contributed by atoms with van der Waals surface area (Å²) in [6.07, 6.45) is -12.4. The molecule has 0 bridgehead atoms. The molecule has 0 saturated carbocycles. The van der Waals surface area contributed by atoms with Gasteiger partial charge in [-0.3, -0.25) is 9.59 Å². The Kier molecular flexibility index (Phi) is 13.7. The second-order valence-corrected chi connectivity index (χ2v) is 15.5. The minimum Gasteiger partial charge on any atom is -0.462 e. The van der Waals surface area contributed by atoms with E-state index in [0.29, 0.717) is 6.42 Å². The number of rotatable bonds is 5. The molecule has 3 aliphatic heterocycles. The van der Waals surface area contributed by atoms with E-state index in [4.69, 9.17) is 23.7 Å². The molecule has 280 valence electrons. The van der Waals surface area contributed by atoms with E-state index in [2.05, 4.69) is 0 Å². The molecule has 0 amide bonds. The maximum Gasteiger partial charge on any atom is 0.311 e. The van der Waals surface area contributed by atoms with Gasteiger partial charge < -0.3 is 54.3 Å². The van der Waals surface area contributed by atoms with E-state index < -0.39 is 114 Å². The lowest BCUT2D eigenvalue weighted by Gasteiger charge is -2.48. The number of carbonyl (C=O) groups is 2. The molecule has 0 aromatic rings. The fourth-order valence-corrected chi connectivity index (χ4v) is 7.75. The maximum atomic E-state index is 13.9. The second kappa shape index (κ2) is 16.0. The molecule has 3 rings (SSSR count). The topological polar surface area (TPSA) is 202 Å². The van der Waals surface area contributed by atoms with Crippen molar-refractivity contribution in [3.63, 3.8) is 0 Å². The van der Waals surface area contributed by atoms with E-state index >= 15 is 0 Å². The van der Waals surface area contributed by atoms with Gasteiger partial charge in [-0.1, -0.05) is 41.5 Å². The first-order valence-corrected chi connectivity index (χ1v) is 17.6. The van der Waals surface area contributed by atoms with Gasteiger partial charge in [0.1, 0.15) is 30.2 Å². The molecule has 48 heavy (non-hydrogen) atoms. The monoisotopic (exact) mass is 690 g/mol. The average Bonchev–Trinajstić information content (AvgIpc) is 3.01. The van der Waals surface area contributed by atoms with Crippen LogP contribution in [0.4, 0.5) is 0 Å². The first-order valence-electron chi connectivity index (χ1n) is 17.6.